The lowest BCUT2D eigenvalue weighted by atomic mass is 10.1. The molecule has 0 amide bonds. The molecule has 0 saturated heterocycles. The summed E-state index contributed by atoms with van der Waals surface area (Å²) in [5.41, 5.74) is 1.53. The first-order valence-electron chi connectivity index (χ1n) is 8.50. The Bertz CT molecular complexity index is 1290. The van der Waals surface area contributed by atoms with E-state index in [2.05, 4.69) is 15.0 Å². The van der Waals surface area contributed by atoms with Crippen LogP contribution in [0.4, 0.5) is 5.69 Å². The molecule has 2 N–H and O–H groups in total. The highest BCUT2D eigenvalue weighted by Crippen LogP contribution is 2.31. The van der Waals surface area contributed by atoms with Gasteiger partial charge in [0, 0.05) is 12.3 Å². The van der Waals surface area contributed by atoms with Crippen molar-refractivity contribution in [3.05, 3.63) is 76.4 Å². The summed E-state index contributed by atoms with van der Waals surface area (Å²) in [6, 6.07) is 15.0. The van der Waals surface area contributed by atoms with Crippen molar-refractivity contribution in [1.29, 1.82) is 5.26 Å². The van der Waals surface area contributed by atoms with Crippen LogP contribution in [0.5, 0.6) is 5.75 Å². The Morgan fingerprint density at radius 2 is 2.07 bits per heavy atom. The molecule has 0 radical (unpaired) electrons. The molecule has 142 valence electrons. The fourth-order valence-corrected chi connectivity index (χ4v) is 2.95. The number of allylic oxidation sites excluding steroid dienone is 1. The molecule has 0 aliphatic rings. The van der Waals surface area contributed by atoms with Gasteiger partial charge >= 0.3 is 0 Å². The minimum Gasteiger partial charge on any atom is -0.507 e. The number of fused-ring (bicyclic) bond motifs is 2. The summed E-state index contributed by atoms with van der Waals surface area (Å²) < 4.78 is 5.61. The first-order chi connectivity index (χ1) is 14.1. The van der Waals surface area contributed by atoms with Crippen LogP contribution in [0.25, 0.3) is 27.5 Å². The number of imidazole rings is 1. The van der Waals surface area contributed by atoms with E-state index in [1.807, 2.05) is 24.3 Å². The Morgan fingerprint density at radius 1 is 1.24 bits per heavy atom. The van der Waals surface area contributed by atoms with E-state index in [4.69, 9.17) is 4.74 Å². The van der Waals surface area contributed by atoms with Crippen molar-refractivity contribution < 1.29 is 14.8 Å². The monoisotopic (exact) mass is 387 g/mol. The second kappa shape index (κ2) is 7.28. The van der Waals surface area contributed by atoms with Gasteiger partial charge in [-0.15, -0.1) is 0 Å². The van der Waals surface area contributed by atoms with Crippen LogP contribution in [-0.2, 0) is 0 Å². The number of H-pyrrole nitrogens is 1. The summed E-state index contributed by atoms with van der Waals surface area (Å²) in [6.45, 7) is -0.330. The number of nitro groups is 1. The average molecular weight is 387 g/mol. The molecular weight excluding hydrogens is 374 g/mol. The third kappa shape index (κ3) is 3.30. The lowest BCUT2D eigenvalue weighted by molar-refractivity contribution is -0.383. The van der Waals surface area contributed by atoms with E-state index in [1.165, 1.54) is 18.3 Å². The van der Waals surface area contributed by atoms with Gasteiger partial charge in [-0.2, -0.15) is 5.26 Å². The van der Waals surface area contributed by atoms with Crippen LogP contribution in [-0.4, -0.2) is 31.6 Å². The fourth-order valence-electron chi connectivity index (χ4n) is 2.95. The highest BCUT2D eigenvalue weighted by molar-refractivity contribution is 5.92. The van der Waals surface area contributed by atoms with Crippen LogP contribution < -0.4 is 4.74 Å². The maximum atomic E-state index is 11.2. The number of aromatic amines is 1. The summed E-state index contributed by atoms with van der Waals surface area (Å²) in [6.07, 6.45) is 1.49. The average Bonchev–Trinajstić information content (AvgIpc) is 3.16. The second-order valence-corrected chi connectivity index (χ2v) is 6.06. The van der Waals surface area contributed by atoms with Gasteiger partial charge in [0.15, 0.2) is 11.6 Å². The van der Waals surface area contributed by atoms with Crippen molar-refractivity contribution in [1.82, 2.24) is 15.0 Å². The summed E-state index contributed by atoms with van der Waals surface area (Å²) >= 11 is 0. The molecule has 9 nitrogen and oxygen atoms in total. The van der Waals surface area contributed by atoms with E-state index in [0.717, 1.165) is 5.52 Å². The molecule has 0 unspecified atom stereocenters. The van der Waals surface area contributed by atoms with Gasteiger partial charge in [-0.05, 0) is 30.3 Å². The van der Waals surface area contributed by atoms with Gasteiger partial charge in [0.2, 0.25) is 0 Å². The topological polar surface area (TPSA) is 138 Å². The quantitative estimate of drug-likeness (QED) is 0.229. The minimum atomic E-state index is -0.499. The van der Waals surface area contributed by atoms with Crippen molar-refractivity contribution >= 4 is 33.2 Å². The number of nitro benzene ring substituents is 1. The van der Waals surface area contributed by atoms with Crippen LogP contribution in [0, 0.1) is 21.4 Å². The molecule has 0 aliphatic heterocycles. The number of hydrogen-bond acceptors (Lipinski definition) is 7. The van der Waals surface area contributed by atoms with E-state index >= 15 is 0 Å². The Hall–Kier alpha value is -4.45. The Kier molecular flexibility index (Phi) is 4.50. The second-order valence-electron chi connectivity index (χ2n) is 6.06. The highest BCUT2D eigenvalue weighted by atomic mass is 16.6. The zero-order valence-electron chi connectivity index (χ0n) is 14.9. The minimum absolute atomic E-state index is 0.0552. The highest BCUT2D eigenvalue weighted by Gasteiger charge is 2.18. The van der Waals surface area contributed by atoms with Gasteiger partial charge in [-0.1, -0.05) is 12.1 Å². The first-order valence-corrected chi connectivity index (χ1v) is 8.50. The Morgan fingerprint density at radius 3 is 2.83 bits per heavy atom. The number of aromatic nitrogens is 3. The molecule has 9 heteroatoms. The molecule has 2 aromatic heterocycles. The zero-order chi connectivity index (χ0) is 20.4. The number of non-ortho nitro benzene ring substituents is 1. The maximum Gasteiger partial charge on any atom is 0.279 e. The molecule has 2 heterocycles. The summed E-state index contributed by atoms with van der Waals surface area (Å²) in [4.78, 5) is 22.1. The molecule has 4 rings (SSSR count). The number of nitriles is 1. The molecule has 0 atom stereocenters. The number of nitrogens with one attached hydrogen (secondary N) is 1. The maximum absolute atomic E-state index is 11.2. The summed E-state index contributed by atoms with van der Waals surface area (Å²) in [5.74, 6) is 0.148. The molecule has 0 fully saturated rings. The van der Waals surface area contributed by atoms with Crippen molar-refractivity contribution in [3.63, 3.8) is 0 Å². The third-order valence-corrected chi connectivity index (χ3v) is 4.30. The number of ether oxygens (including phenoxy) is 1. The normalized spacial score (nSPS) is 11.8. The first kappa shape index (κ1) is 17.9. The number of aliphatic hydroxyl groups excluding tert-OH is 1. The SMILES string of the molecule is N#CC(=C(O)COc1ccc([N+](=O)[O-])c2cccnc12)c1nc2ccccc2[nH]1. The van der Waals surface area contributed by atoms with Crippen molar-refractivity contribution in [2.75, 3.05) is 6.61 Å². The molecule has 0 aliphatic carbocycles. The van der Waals surface area contributed by atoms with Crippen LogP contribution in [0.3, 0.4) is 0 Å². The summed E-state index contributed by atoms with van der Waals surface area (Å²) in [5, 5.41) is 31.4. The van der Waals surface area contributed by atoms with Crippen molar-refractivity contribution in [3.8, 4) is 11.8 Å². The number of rotatable bonds is 5. The van der Waals surface area contributed by atoms with Gasteiger partial charge in [0.05, 0.1) is 21.3 Å². The molecule has 4 aromatic rings. The Labute approximate surface area is 163 Å². The number of para-hydroxylation sites is 2. The summed E-state index contributed by atoms with van der Waals surface area (Å²) in [7, 11) is 0. The van der Waals surface area contributed by atoms with Gasteiger partial charge in [0.25, 0.3) is 5.69 Å². The van der Waals surface area contributed by atoms with E-state index in [-0.39, 0.29) is 40.7 Å². The number of pyridine rings is 1. The van der Waals surface area contributed by atoms with Gasteiger partial charge in [0.1, 0.15) is 29.5 Å². The van der Waals surface area contributed by atoms with Crippen molar-refractivity contribution in [2.24, 2.45) is 0 Å². The van der Waals surface area contributed by atoms with Crippen LogP contribution in [0.15, 0.2) is 60.5 Å². The lowest BCUT2D eigenvalue weighted by Crippen LogP contribution is -2.05. The van der Waals surface area contributed by atoms with Crippen LogP contribution in [0.1, 0.15) is 5.82 Å². The van der Waals surface area contributed by atoms with E-state index < -0.39 is 4.92 Å². The van der Waals surface area contributed by atoms with Gasteiger partial charge < -0.3 is 14.8 Å². The third-order valence-electron chi connectivity index (χ3n) is 4.30. The predicted molar refractivity (Wildman–Crippen MR) is 105 cm³/mol. The molecule has 29 heavy (non-hydrogen) atoms. The lowest BCUT2D eigenvalue weighted by Gasteiger charge is -2.09. The predicted octanol–water partition coefficient (Wildman–Crippen LogP) is 3.89. The fraction of sp³-hybridized carbons (Fsp3) is 0.0500. The van der Waals surface area contributed by atoms with E-state index in [0.29, 0.717) is 10.9 Å². The van der Waals surface area contributed by atoms with E-state index in [9.17, 15) is 20.5 Å². The van der Waals surface area contributed by atoms with Crippen LogP contribution in [0.2, 0.25) is 0 Å². The molecule has 0 bridgehead atoms. The Balaban J connectivity index is 1.66. The van der Waals surface area contributed by atoms with Crippen LogP contribution >= 0.6 is 0 Å². The van der Waals surface area contributed by atoms with Gasteiger partial charge in [-0.25, -0.2) is 4.98 Å². The smallest absolute Gasteiger partial charge is 0.279 e. The largest absolute Gasteiger partial charge is 0.507 e. The molecular formula is C20H13N5O4. The molecule has 0 saturated carbocycles. The zero-order valence-corrected chi connectivity index (χ0v) is 14.9. The molecule has 2 aromatic carbocycles. The molecule has 0 spiro atoms. The van der Waals surface area contributed by atoms with Gasteiger partial charge in [-0.3, -0.25) is 15.1 Å². The number of hydrogen-bond donors (Lipinski definition) is 2. The number of nitrogens with zero attached hydrogens (tertiary/aromatic N) is 4. The standard InChI is InChI=1S/C20H13N5O4/c21-10-13(20-23-14-5-1-2-6-15(14)24-20)17(26)11-29-18-8-7-16(25(27)28)12-4-3-9-22-19(12)18/h1-9,26H,11H2,(H,23,24). The number of aliphatic hydroxyl groups is 1. The number of benzene rings is 2. The van der Waals surface area contributed by atoms with E-state index in [1.54, 1.807) is 18.2 Å². The van der Waals surface area contributed by atoms with Crippen molar-refractivity contribution in [2.45, 2.75) is 0 Å².